The van der Waals surface area contributed by atoms with Crippen LogP contribution in [-0.2, 0) is 4.79 Å². The summed E-state index contributed by atoms with van der Waals surface area (Å²) in [5.41, 5.74) is 10.2. The Morgan fingerprint density at radius 2 is 2.00 bits per heavy atom. The van der Waals surface area contributed by atoms with Crippen LogP contribution in [0.25, 0.3) is 0 Å². The Balaban J connectivity index is 3.80. The smallest absolute Gasteiger partial charge is 0.239 e. The van der Waals surface area contributed by atoms with Gasteiger partial charge in [0.2, 0.25) is 5.91 Å². The van der Waals surface area contributed by atoms with Crippen LogP contribution in [0.4, 0.5) is 0 Å². The number of nitrogens with zero attached hydrogens (tertiary/aromatic N) is 1. The molecule has 0 aliphatic rings. The zero-order valence-electron chi connectivity index (χ0n) is 6.29. The molecule has 4 N–H and O–H groups in total. The summed E-state index contributed by atoms with van der Waals surface area (Å²) in [7, 11) is 0. The Kier molecular flexibility index (Phi) is 3.46. The number of primary amides is 1. The summed E-state index contributed by atoms with van der Waals surface area (Å²) in [5.74, 6) is 0.196. The van der Waals surface area contributed by atoms with Crippen LogP contribution < -0.4 is 11.5 Å². The van der Waals surface area contributed by atoms with Gasteiger partial charge in [-0.25, -0.2) is 0 Å². The molecule has 0 aromatic carbocycles. The number of amidine groups is 1. The molecular formula is C6H13N3O. The van der Waals surface area contributed by atoms with E-state index in [0.717, 1.165) is 0 Å². The fourth-order valence-electron chi connectivity index (χ4n) is 0.352. The van der Waals surface area contributed by atoms with Gasteiger partial charge in [0.1, 0.15) is 6.54 Å². The topological polar surface area (TPSA) is 81.5 Å². The first-order chi connectivity index (χ1) is 4.54. The molecule has 0 heterocycles. The van der Waals surface area contributed by atoms with Crippen molar-refractivity contribution in [2.45, 2.75) is 13.8 Å². The molecule has 0 radical (unpaired) electrons. The van der Waals surface area contributed by atoms with Gasteiger partial charge < -0.3 is 11.5 Å². The molecule has 1 amide bonds. The first-order valence-electron chi connectivity index (χ1n) is 3.12. The van der Waals surface area contributed by atoms with Crippen molar-refractivity contribution in [2.75, 3.05) is 6.54 Å². The molecule has 0 aliphatic carbocycles. The lowest BCUT2D eigenvalue weighted by Crippen LogP contribution is -2.22. The maximum absolute atomic E-state index is 10.2. The number of hydrogen-bond donors (Lipinski definition) is 2. The van der Waals surface area contributed by atoms with Crippen LogP contribution >= 0.6 is 0 Å². The van der Waals surface area contributed by atoms with Gasteiger partial charge in [0, 0.05) is 5.92 Å². The van der Waals surface area contributed by atoms with Crippen LogP contribution in [0.2, 0.25) is 0 Å². The average molecular weight is 143 g/mol. The molecule has 0 spiro atoms. The fourth-order valence-corrected chi connectivity index (χ4v) is 0.352. The van der Waals surface area contributed by atoms with Crippen molar-refractivity contribution in [3.05, 3.63) is 0 Å². The number of aliphatic imine (C=N–C) groups is 1. The highest BCUT2D eigenvalue weighted by atomic mass is 16.1. The molecule has 0 bridgehead atoms. The molecule has 58 valence electrons. The zero-order chi connectivity index (χ0) is 8.15. The van der Waals surface area contributed by atoms with Crippen LogP contribution in [0.3, 0.4) is 0 Å². The van der Waals surface area contributed by atoms with Crippen molar-refractivity contribution < 1.29 is 4.79 Å². The molecule has 0 unspecified atom stereocenters. The monoisotopic (exact) mass is 143 g/mol. The molecule has 0 aromatic heterocycles. The summed E-state index contributed by atoms with van der Waals surface area (Å²) >= 11 is 0. The Bertz CT molecular complexity index is 151. The van der Waals surface area contributed by atoms with Crippen LogP contribution in [0.15, 0.2) is 4.99 Å². The van der Waals surface area contributed by atoms with Crippen LogP contribution in [0.5, 0.6) is 0 Å². The summed E-state index contributed by atoms with van der Waals surface area (Å²) in [6, 6.07) is 0. The summed E-state index contributed by atoms with van der Waals surface area (Å²) in [4.78, 5) is 13.9. The Labute approximate surface area is 60.3 Å². The molecule has 10 heavy (non-hydrogen) atoms. The fraction of sp³-hybridized carbons (Fsp3) is 0.667. The van der Waals surface area contributed by atoms with E-state index in [1.54, 1.807) is 0 Å². The van der Waals surface area contributed by atoms with Crippen LogP contribution in [0.1, 0.15) is 13.8 Å². The van der Waals surface area contributed by atoms with Crippen molar-refractivity contribution in [1.29, 1.82) is 0 Å². The second kappa shape index (κ2) is 3.87. The van der Waals surface area contributed by atoms with E-state index in [2.05, 4.69) is 4.99 Å². The van der Waals surface area contributed by atoms with Gasteiger partial charge in [-0.15, -0.1) is 0 Å². The lowest BCUT2D eigenvalue weighted by atomic mass is 10.2. The lowest BCUT2D eigenvalue weighted by molar-refractivity contribution is -0.116. The first-order valence-corrected chi connectivity index (χ1v) is 3.12. The number of carbonyl (C=O) groups is 1. The van der Waals surface area contributed by atoms with E-state index in [0.29, 0.717) is 5.84 Å². The molecule has 0 atom stereocenters. The van der Waals surface area contributed by atoms with Crippen LogP contribution in [0, 0.1) is 5.92 Å². The van der Waals surface area contributed by atoms with E-state index < -0.39 is 5.91 Å². The van der Waals surface area contributed by atoms with E-state index in [1.165, 1.54) is 0 Å². The van der Waals surface area contributed by atoms with Gasteiger partial charge in [0.15, 0.2) is 0 Å². The van der Waals surface area contributed by atoms with Gasteiger partial charge in [-0.2, -0.15) is 0 Å². The van der Waals surface area contributed by atoms with Gasteiger partial charge >= 0.3 is 0 Å². The molecule has 4 heteroatoms. The Hall–Kier alpha value is -1.06. The number of carbonyl (C=O) groups excluding carboxylic acids is 1. The maximum Gasteiger partial charge on any atom is 0.239 e. The lowest BCUT2D eigenvalue weighted by Gasteiger charge is -2.01. The maximum atomic E-state index is 10.2. The molecule has 0 aromatic rings. The summed E-state index contributed by atoms with van der Waals surface area (Å²) in [5, 5.41) is 0. The number of hydrogen-bond acceptors (Lipinski definition) is 2. The van der Waals surface area contributed by atoms with Crippen LogP contribution in [-0.4, -0.2) is 18.3 Å². The minimum Gasteiger partial charge on any atom is -0.387 e. The molecular weight excluding hydrogens is 130 g/mol. The van der Waals surface area contributed by atoms with Gasteiger partial charge in [-0.1, -0.05) is 13.8 Å². The predicted octanol–water partition coefficient (Wildman–Crippen LogP) is -0.515. The number of nitrogens with two attached hydrogens (primary N) is 2. The second-order valence-corrected chi connectivity index (χ2v) is 2.36. The standard InChI is InChI=1S/C6H13N3O/c1-4(2)6(8)9-3-5(7)10/h4H,3H2,1-2H3,(H2,7,10)(H2,8,9). The quantitative estimate of drug-likeness (QED) is 0.412. The minimum atomic E-state index is -0.455. The molecule has 0 aliphatic heterocycles. The highest BCUT2D eigenvalue weighted by Crippen LogP contribution is 1.90. The zero-order valence-corrected chi connectivity index (χ0v) is 6.29. The first kappa shape index (κ1) is 8.94. The van der Waals surface area contributed by atoms with Crippen molar-refractivity contribution >= 4 is 11.7 Å². The van der Waals surface area contributed by atoms with Crippen molar-refractivity contribution in [3.8, 4) is 0 Å². The normalized spacial score (nSPS) is 12.1. The van der Waals surface area contributed by atoms with Gasteiger partial charge in [-0.3, -0.25) is 9.79 Å². The number of rotatable bonds is 3. The van der Waals surface area contributed by atoms with E-state index in [-0.39, 0.29) is 12.5 Å². The molecule has 0 rings (SSSR count). The molecule has 0 fully saturated rings. The molecule has 0 saturated heterocycles. The van der Waals surface area contributed by atoms with Gasteiger partial charge in [0.25, 0.3) is 0 Å². The van der Waals surface area contributed by atoms with Crippen molar-refractivity contribution in [1.82, 2.24) is 0 Å². The highest BCUT2D eigenvalue weighted by molar-refractivity contribution is 5.85. The minimum absolute atomic E-state index is 0.00991. The van der Waals surface area contributed by atoms with Gasteiger partial charge in [0.05, 0.1) is 5.84 Å². The summed E-state index contributed by atoms with van der Waals surface area (Å²) < 4.78 is 0. The van der Waals surface area contributed by atoms with E-state index in [1.807, 2.05) is 13.8 Å². The van der Waals surface area contributed by atoms with E-state index >= 15 is 0 Å². The number of amides is 1. The third kappa shape index (κ3) is 3.88. The van der Waals surface area contributed by atoms with E-state index in [4.69, 9.17) is 11.5 Å². The Morgan fingerprint density at radius 3 is 2.30 bits per heavy atom. The van der Waals surface area contributed by atoms with E-state index in [9.17, 15) is 4.79 Å². The predicted molar refractivity (Wildman–Crippen MR) is 40.5 cm³/mol. The Morgan fingerprint density at radius 1 is 1.50 bits per heavy atom. The SMILES string of the molecule is CC(C)C(N)=NCC(N)=O. The molecule has 4 nitrogen and oxygen atoms in total. The largest absolute Gasteiger partial charge is 0.387 e. The second-order valence-electron chi connectivity index (χ2n) is 2.36. The summed E-state index contributed by atoms with van der Waals surface area (Å²) in [6.45, 7) is 3.80. The molecule has 0 saturated carbocycles. The average Bonchev–Trinajstić information content (AvgIpc) is 1.82. The summed E-state index contributed by atoms with van der Waals surface area (Å²) in [6.07, 6.45) is 0. The van der Waals surface area contributed by atoms with Crippen molar-refractivity contribution in [3.63, 3.8) is 0 Å². The van der Waals surface area contributed by atoms with Gasteiger partial charge in [-0.05, 0) is 0 Å². The third-order valence-corrected chi connectivity index (χ3v) is 1.01. The highest BCUT2D eigenvalue weighted by Gasteiger charge is 1.98. The third-order valence-electron chi connectivity index (χ3n) is 1.01. The van der Waals surface area contributed by atoms with Crippen molar-refractivity contribution in [2.24, 2.45) is 22.4 Å².